The maximum atomic E-state index is 13.0. The minimum absolute atomic E-state index is 0.00909. The van der Waals surface area contributed by atoms with Gasteiger partial charge < -0.3 is 15.1 Å². The molecule has 2 aromatic rings. The Morgan fingerprint density at radius 3 is 2.34 bits per heavy atom. The molecule has 0 bridgehead atoms. The molecule has 0 atom stereocenters. The number of amides is 2. The zero-order valence-corrected chi connectivity index (χ0v) is 16.5. The van der Waals surface area contributed by atoms with E-state index < -0.39 is 4.92 Å². The van der Waals surface area contributed by atoms with Crippen LogP contribution in [0.3, 0.4) is 0 Å². The van der Waals surface area contributed by atoms with Gasteiger partial charge in [-0.05, 0) is 31.0 Å². The summed E-state index contributed by atoms with van der Waals surface area (Å²) < 4.78 is 0. The summed E-state index contributed by atoms with van der Waals surface area (Å²) in [7, 11) is 3.59. The summed E-state index contributed by atoms with van der Waals surface area (Å²) in [6, 6.07) is 13.3. The van der Waals surface area contributed by atoms with E-state index in [1.165, 1.54) is 12.1 Å². The lowest BCUT2D eigenvalue weighted by Crippen LogP contribution is -2.46. The molecule has 1 aliphatic heterocycles. The van der Waals surface area contributed by atoms with E-state index in [-0.39, 0.29) is 23.5 Å². The van der Waals surface area contributed by atoms with E-state index >= 15 is 0 Å². The highest BCUT2D eigenvalue weighted by Crippen LogP contribution is 2.26. The number of benzene rings is 2. The zero-order valence-electron chi connectivity index (χ0n) is 16.5. The molecule has 152 valence electrons. The molecule has 0 aromatic heterocycles. The molecule has 1 fully saturated rings. The van der Waals surface area contributed by atoms with Crippen molar-refractivity contribution in [2.24, 2.45) is 0 Å². The van der Waals surface area contributed by atoms with E-state index in [0.29, 0.717) is 42.7 Å². The van der Waals surface area contributed by atoms with E-state index in [2.05, 4.69) is 5.32 Å². The molecule has 3 rings (SSSR count). The van der Waals surface area contributed by atoms with Crippen molar-refractivity contribution in [3.63, 3.8) is 0 Å². The minimum atomic E-state index is -0.498. The third kappa shape index (κ3) is 4.71. The zero-order chi connectivity index (χ0) is 21.0. The lowest BCUT2D eigenvalue weighted by Gasteiger charge is -2.33. The molecule has 29 heavy (non-hydrogen) atoms. The number of piperidine rings is 1. The molecule has 1 N–H and O–H groups in total. The molecule has 0 unspecified atom stereocenters. The first-order valence-electron chi connectivity index (χ1n) is 9.47. The van der Waals surface area contributed by atoms with Crippen LogP contribution in [0.2, 0.25) is 0 Å². The highest BCUT2D eigenvalue weighted by atomic mass is 16.6. The number of nitro benzene ring substituents is 1. The lowest BCUT2D eigenvalue weighted by atomic mass is 10.0. The predicted molar refractivity (Wildman–Crippen MR) is 110 cm³/mol. The SMILES string of the molecule is CN(C)c1ccc([N+](=O)[O-])cc1C(=O)N1CCC(NC(=O)c2ccccc2)CC1. The van der Waals surface area contributed by atoms with Crippen LogP contribution in [0.1, 0.15) is 33.6 Å². The fourth-order valence-electron chi connectivity index (χ4n) is 3.45. The topological polar surface area (TPSA) is 95.8 Å². The summed E-state index contributed by atoms with van der Waals surface area (Å²) >= 11 is 0. The van der Waals surface area contributed by atoms with E-state index in [1.54, 1.807) is 42.1 Å². The van der Waals surface area contributed by atoms with Crippen molar-refractivity contribution >= 4 is 23.2 Å². The van der Waals surface area contributed by atoms with Crippen molar-refractivity contribution < 1.29 is 14.5 Å². The number of hydrogen-bond acceptors (Lipinski definition) is 5. The van der Waals surface area contributed by atoms with Gasteiger partial charge in [0.2, 0.25) is 0 Å². The van der Waals surface area contributed by atoms with Crippen LogP contribution in [0.25, 0.3) is 0 Å². The molecule has 1 aliphatic rings. The minimum Gasteiger partial charge on any atom is -0.377 e. The van der Waals surface area contributed by atoms with Crippen molar-refractivity contribution in [1.29, 1.82) is 0 Å². The monoisotopic (exact) mass is 396 g/mol. The molecule has 8 nitrogen and oxygen atoms in total. The van der Waals surface area contributed by atoms with Crippen LogP contribution in [0.4, 0.5) is 11.4 Å². The van der Waals surface area contributed by atoms with Gasteiger partial charge in [-0.3, -0.25) is 19.7 Å². The molecule has 0 spiro atoms. The van der Waals surface area contributed by atoms with Crippen molar-refractivity contribution in [2.45, 2.75) is 18.9 Å². The van der Waals surface area contributed by atoms with Gasteiger partial charge in [-0.2, -0.15) is 0 Å². The summed E-state index contributed by atoms with van der Waals surface area (Å²) in [6.07, 6.45) is 1.27. The Morgan fingerprint density at radius 1 is 1.10 bits per heavy atom. The molecule has 1 saturated heterocycles. The second-order valence-corrected chi connectivity index (χ2v) is 7.26. The van der Waals surface area contributed by atoms with Gasteiger partial charge in [-0.15, -0.1) is 0 Å². The van der Waals surface area contributed by atoms with Crippen molar-refractivity contribution in [2.75, 3.05) is 32.1 Å². The molecule has 2 amide bonds. The second kappa shape index (κ2) is 8.72. The van der Waals surface area contributed by atoms with Crippen LogP contribution in [-0.4, -0.2) is 54.9 Å². The normalized spacial score (nSPS) is 14.3. The third-order valence-corrected chi connectivity index (χ3v) is 5.06. The fourth-order valence-corrected chi connectivity index (χ4v) is 3.45. The van der Waals surface area contributed by atoms with Crippen LogP contribution >= 0.6 is 0 Å². The number of non-ortho nitro benzene ring substituents is 1. The maximum Gasteiger partial charge on any atom is 0.270 e. The fraction of sp³-hybridized carbons (Fsp3) is 0.333. The van der Waals surface area contributed by atoms with E-state index in [1.807, 2.05) is 18.2 Å². The number of hydrogen-bond donors (Lipinski definition) is 1. The van der Waals surface area contributed by atoms with E-state index in [0.717, 1.165) is 0 Å². The molecule has 8 heteroatoms. The van der Waals surface area contributed by atoms with Crippen LogP contribution in [-0.2, 0) is 0 Å². The smallest absolute Gasteiger partial charge is 0.270 e. The average Bonchev–Trinajstić information content (AvgIpc) is 2.73. The second-order valence-electron chi connectivity index (χ2n) is 7.26. The number of likely N-dealkylation sites (tertiary alicyclic amines) is 1. The number of nitro groups is 1. The van der Waals surface area contributed by atoms with Crippen LogP contribution in [0.5, 0.6) is 0 Å². The van der Waals surface area contributed by atoms with Gasteiger partial charge in [0.15, 0.2) is 0 Å². The number of rotatable bonds is 5. The number of anilines is 1. The Morgan fingerprint density at radius 2 is 1.76 bits per heavy atom. The van der Waals surface area contributed by atoms with Crippen molar-refractivity contribution in [3.05, 3.63) is 69.8 Å². The van der Waals surface area contributed by atoms with Gasteiger partial charge in [0.25, 0.3) is 17.5 Å². The molecular formula is C21H24N4O4. The highest BCUT2D eigenvalue weighted by molar-refractivity contribution is 6.00. The molecular weight excluding hydrogens is 372 g/mol. The number of carbonyl (C=O) groups excluding carboxylic acids is 2. The first-order valence-corrected chi connectivity index (χ1v) is 9.47. The van der Waals surface area contributed by atoms with E-state index in [9.17, 15) is 19.7 Å². The lowest BCUT2D eigenvalue weighted by molar-refractivity contribution is -0.384. The van der Waals surface area contributed by atoms with E-state index in [4.69, 9.17) is 0 Å². The summed E-state index contributed by atoms with van der Waals surface area (Å²) in [5.41, 5.74) is 1.46. The summed E-state index contributed by atoms with van der Waals surface area (Å²) in [4.78, 5) is 39.4. The number of nitrogens with zero attached hydrogens (tertiary/aromatic N) is 3. The first kappa shape index (κ1) is 20.3. The summed E-state index contributed by atoms with van der Waals surface area (Å²) in [5, 5.41) is 14.1. The van der Waals surface area contributed by atoms with Gasteiger partial charge in [0, 0.05) is 56.6 Å². The quantitative estimate of drug-likeness (QED) is 0.619. The molecule has 0 aliphatic carbocycles. The Labute approximate surface area is 169 Å². The van der Waals surface area contributed by atoms with Gasteiger partial charge in [-0.1, -0.05) is 18.2 Å². The third-order valence-electron chi connectivity index (χ3n) is 5.06. The molecule has 1 heterocycles. The Bertz CT molecular complexity index is 906. The first-order chi connectivity index (χ1) is 13.9. The van der Waals surface area contributed by atoms with Crippen LogP contribution < -0.4 is 10.2 Å². The Balaban J connectivity index is 1.66. The predicted octanol–water partition coefficient (Wildman–Crippen LogP) is 2.70. The van der Waals surface area contributed by atoms with Gasteiger partial charge >= 0.3 is 0 Å². The summed E-state index contributed by atoms with van der Waals surface area (Å²) in [6.45, 7) is 0.961. The van der Waals surface area contributed by atoms with Gasteiger partial charge in [-0.25, -0.2) is 0 Å². The van der Waals surface area contributed by atoms with Gasteiger partial charge in [0.1, 0.15) is 0 Å². The Kier molecular flexibility index (Phi) is 6.11. The molecule has 2 aromatic carbocycles. The summed E-state index contributed by atoms with van der Waals surface area (Å²) in [5.74, 6) is -0.353. The average molecular weight is 396 g/mol. The van der Waals surface area contributed by atoms with Crippen LogP contribution in [0, 0.1) is 10.1 Å². The van der Waals surface area contributed by atoms with Crippen molar-refractivity contribution in [3.8, 4) is 0 Å². The molecule has 0 radical (unpaired) electrons. The molecule has 0 saturated carbocycles. The maximum absolute atomic E-state index is 13.0. The van der Waals surface area contributed by atoms with Crippen LogP contribution in [0.15, 0.2) is 48.5 Å². The highest BCUT2D eigenvalue weighted by Gasteiger charge is 2.27. The number of nitrogens with one attached hydrogen (secondary N) is 1. The standard InChI is InChI=1S/C21H24N4O4/c1-23(2)19-9-8-17(25(28)29)14-18(19)21(27)24-12-10-16(11-13-24)22-20(26)15-6-4-3-5-7-15/h3-9,14,16H,10-13H2,1-2H3,(H,22,26). The largest absolute Gasteiger partial charge is 0.377 e. The number of carbonyl (C=O) groups is 2. The Hall–Kier alpha value is -3.42. The van der Waals surface area contributed by atoms with Crippen molar-refractivity contribution in [1.82, 2.24) is 10.2 Å². The van der Waals surface area contributed by atoms with Gasteiger partial charge in [0.05, 0.1) is 10.5 Å².